The molecular weight excluding hydrogens is 226 g/mol. The van der Waals surface area contributed by atoms with Crippen LogP contribution < -0.4 is 5.32 Å². The van der Waals surface area contributed by atoms with Crippen LogP contribution in [-0.4, -0.2) is 30.9 Å². The molecule has 0 radical (unpaired) electrons. The summed E-state index contributed by atoms with van der Waals surface area (Å²) in [6.45, 7) is 3.18. The van der Waals surface area contributed by atoms with Crippen LogP contribution in [0.5, 0.6) is 0 Å². The van der Waals surface area contributed by atoms with Crippen molar-refractivity contribution in [3.05, 3.63) is 29.8 Å². The lowest BCUT2D eigenvalue weighted by Gasteiger charge is -2.17. The van der Waals surface area contributed by atoms with Gasteiger partial charge in [-0.3, -0.25) is 4.79 Å². The van der Waals surface area contributed by atoms with Gasteiger partial charge >= 0.3 is 0 Å². The zero-order valence-corrected chi connectivity index (χ0v) is 10.9. The van der Waals surface area contributed by atoms with Crippen molar-refractivity contribution in [2.75, 3.05) is 25.5 Å². The summed E-state index contributed by atoms with van der Waals surface area (Å²) >= 11 is 0. The van der Waals surface area contributed by atoms with Crippen LogP contribution in [0.2, 0.25) is 0 Å². The Balaban J connectivity index is 2.39. The first-order chi connectivity index (χ1) is 8.67. The Kier molecular flexibility index (Phi) is 5.72. The van der Waals surface area contributed by atoms with Gasteiger partial charge in [0.15, 0.2) is 0 Å². The Labute approximate surface area is 108 Å². The van der Waals surface area contributed by atoms with E-state index in [2.05, 4.69) is 18.3 Å². The molecule has 0 spiro atoms. The number of rotatable bonds is 6. The molecule has 18 heavy (non-hydrogen) atoms. The molecule has 1 amide bonds. The van der Waals surface area contributed by atoms with Crippen molar-refractivity contribution in [1.82, 2.24) is 4.90 Å². The Morgan fingerprint density at radius 1 is 1.39 bits per heavy atom. The summed E-state index contributed by atoms with van der Waals surface area (Å²) < 4.78 is 0. The van der Waals surface area contributed by atoms with Gasteiger partial charge in [0.2, 0.25) is 5.91 Å². The first-order valence-corrected chi connectivity index (χ1v) is 6.15. The molecule has 96 valence electrons. The Morgan fingerprint density at radius 3 is 2.61 bits per heavy atom. The number of nitriles is 1. The summed E-state index contributed by atoms with van der Waals surface area (Å²) in [4.78, 5) is 13.5. The highest BCUT2D eigenvalue weighted by Gasteiger charge is 2.07. The molecule has 0 saturated heterocycles. The van der Waals surface area contributed by atoms with E-state index in [1.54, 1.807) is 29.2 Å². The Hall–Kier alpha value is -2.02. The Bertz CT molecular complexity index is 420. The van der Waals surface area contributed by atoms with Crippen LogP contribution in [0, 0.1) is 11.3 Å². The molecule has 0 unspecified atom stereocenters. The zero-order valence-electron chi connectivity index (χ0n) is 10.9. The standard InChI is InChI=1S/C14H19N3O/c1-3-4-9-17(2)14(18)11-16-13-7-5-12(10-15)6-8-13/h5-8,16H,3-4,9,11H2,1-2H3. The number of amides is 1. The number of hydrogen-bond donors (Lipinski definition) is 1. The summed E-state index contributed by atoms with van der Waals surface area (Å²) in [6.07, 6.45) is 2.11. The second kappa shape index (κ2) is 7.33. The highest BCUT2D eigenvalue weighted by Crippen LogP contribution is 2.08. The van der Waals surface area contributed by atoms with Gasteiger partial charge in [-0.1, -0.05) is 13.3 Å². The van der Waals surface area contributed by atoms with Crippen molar-refractivity contribution in [3.8, 4) is 6.07 Å². The fraction of sp³-hybridized carbons (Fsp3) is 0.429. The maximum absolute atomic E-state index is 11.8. The van der Waals surface area contributed by atoms with Gasteiger partial charge in [-0.25, -0.2) is 0 Å². The number of carbonyl (C=O) groups is 1. The highest BCUT2D eigenvalue weighted by molar-refractivity contribution is 5.80. The van der Waals surface area contributed by atoms with E-state index in [-0.39, 0.29) is 12.5 Å². The molecule has 0 aliphatic rings. The minimum Gasteiger partial charge on any atom is -0.376 e. The minimum atomic E-state index is 0.0767. The smallest absolute Gasteiger partial charge is 0.241 e. The molecular formula is C14H19N3O. The van der Waals surface area contributed by atoms with Gasteiger partial charge in [-0.05, 0) is 30.7 Å². The largest absolute Gasteiger partial charge is 0.376 e. The van der Waals surface area contributed by atoms with Crippen LogP contribution in [0.3, 0.4) is 0 Å². The molecule has 0 aliphatic heterocycles. The van der Waals surface area contributed by atoms with E-state index in [0.717, 1.165) is 25.1 Å². The van der Waals surface area contributed by atoms with Crippen molar-refractivity contribution in [3.63, 3.8) is 0 Å². The number of likely N-dealkylation sites (N-methyl/N-ethyl adjacent to an activating group) is 1. The number of hydrogen-bond acceptors (Lipinski definition) is 3. The average Bonchev–Trinajstić information content (AvgIpc) is 2.42. The summed E-state index contributed by atoms with van der Waals surface area (Å²) in [5.74, 6) is 0.0767. The number of nitrogens with zero attached hydrogens (tertiary/aromatic N) is 2. The molecule has 4 heteroatoms. The topological polar surface area (TPSA) is 56.1 Å². The predicted octanol–water partition coefficient (Wildman–Crippen LogP) is 2.23. The SMILES string of the molecule is CCCCN(C)C(=O)CNc1ccc(C#N)cc1. The first kappa shape index (κ1) is 14.0. The average molecular weight is 245 g/mol. The van der Waals surface area contributed by atoms with Crippen molar-refractivity contribution in [2.24, 2.45) is 0 Å². The van der Waals surface area contributed by atoms with E-state index in [4.69, 9.17) is 5.26 Å². The highest BCUT2D eigenvalue weighted by atomic mass is 16.2. The molecule has 0 heterocycles. The molecule has 1 aromatic carbocycles. The maximum atomic E-state index is 11.8. The lowest BCUT2D eigenvalue weighted by molar-refractivity contribution is -0.128. The van der Waals surface area contributed by atoms with Crippen LogP contribution in [0.25, 0.3) is 0 Å². The molecule has 0 bridgehead atoms. The molecule has 4 nitrogen and oxygen atoms in total. The van der Waals surface area contributed by atoms with Gasteiger partial charge in [-0.2, -0.15) is 5.26 Å². The molecule has 1 aromatic rings. The van der Waals surface area contributed by atoms with Gasteiger partial charge < -0.3 is 10.2 Å². The first-order valence-electron chi connectivity index (χ1n) is 6.15. The lowest BCUT2D eigenvalue weighted by atomic mass is 10.2. The summed E-state index contributed by atoms with van der Waals surface area (Å²) in [7, 11) is 1.82. The van der Waals surface area contributed by atoms with Crippen LogP contribution in [0.15, 0.2) is 24.3 Å². The zero-order chi connectivity index (χ0) is 13.4. The normalized spacial score (nSPS) is 9.61. The fourth-order valence-electron chi connectivity index (χ4n) is 1.50. The van der Waals surface area contributed by atoms with E-state index in [9.17, 15) is 4.79 Å². The number of benzene rings is 1. The second-order valence-electron chi connectivity index (χ2n) is 4.21. The van der Waals surface area contributed by atoms with E-state index in [1.807, 2.05) is 7.05 Å². The van der Waals surface area contributed by atoms with Crippen molar-refractivity contribution < 1.29 is 4.79 Å². The monoisotopic (exact) mass is 245 g/mol. The van der Waals surface area contributed by atoms with E-state index >= 15 is 0 Å². The molecule has 0 aromatic heterocycles. The number of unbranched alkanes of at least 4 members (excludes halogenated alkanes) is 1. The third-order valence-electron chi connectivity index (χ3n) is 2.73. The summed E-state index contributed by atoms with van der Waals surface area (Å²) in [5.41, 5.74) is 1.47. The van der Waals surface area contributed by atoms with E-state index in [0.29, 0.717) is 5.56 Å². The van der Waals surface area contributed by atoms with Crippen LogP contribution in [0.4, 0.5) is 5.69 Å². The number of nitrogens with one attached hydrogen (secondary N) is 1. The summed E-state index contributed by atoms with van der Waals surface area (Å²) in [6, 6.07) is 9.12. The summed E-state index contributed by atoms with van der Waals surface area (Å²) in [5, 5.41) is 11.7. The van der Waals surface area contributed by atoms with Crippen molar-refractivity contribution >= 4 is 11.6 Å². The van der Waals surface area contributed by atoms with E-state index < -0.39 is 0 Å². The minimum absolute atomic E-state index is 0.0767. The van der Waals surface area contributed by atoms with Gasteiger partial charge in [0.05, 0.1) is 18.2 Å². The molecule has 1 N–H and O–H groups in total. The molecule has 1 rings (SSSR count). The maximum Gasteiger partial charge on any atom is 0.241 e. The van der Waals surface area contributed by atoms with Gasteiger partial charge in [0.1, 0.15) is 0 Å². The molecule has 0 aliphatic carbocycles. The predicted molar refractivity (Wildman–Crippen MR) is 72.2 cm³/mol. The van der Waals surface area contributed by atoms with Gasteiger partial charge in [-0.15, -0.1) is 0 Å². The number of anilines is 1. The second-order valence-corrected chi connectivity index (χ2v) is 4.21. The van der Waals surface area contributed by atoms with Gasteiger partial charge in [0.25, 0.3) is 0 Å². The van der Waals surface area contributed by atoms with E-state index in [1.165, 1.54) is 0 Å². The molecule has 0 fully saturated rings. The third kappa shape index (κ3) is 4.46. The van der Waals surface area contributed by atoms with Gasteiger partial charge in [0, 0.05) is 19.3 Å². The third-order valence-corrected chi connectivity index (χ3v) is 2.73. The van der Waals surface area contributed by atoms with Crippen LogP contribution in [-0.2, 0) is 4.79 Å². The Morgan fingerprint density at radius 2 is 2.06 bits per heavy atom. The molecule has 0 saturated carbocycles. The quantitative estimate of drug-likeness (QED) is 0.836. The lowest BCUT2D eigenvalue weighted by Crippen LogP contribution is -2.32. The molecule has 0 atom stereocenters. The van der Waals surface area contributed by atoms with Crippen LogP contribution >= 0.6 is 0 Å². The van der Waals surface area contributed by atoms with Crippen molar-refractivity contribution in [2.45, 2.75) is 19.8 Å². The fourth-order valence-corrected chi connectivity index (χ4v) is 1.50. The number of carbonyl (C=O) groups excluding carboxylic acids is 1. The van der Waals surface area contributed by atoms with Crippen molar-refractivity contribution in [1.29, 1.82) is 5.26 Å². The van der Waals surface area contributed by atoms with Crippen LogP contribution in [0.1, 0.15) is 25.3 Å².